The fourth-order valence-corrected chi connectivity index (χ4v) is 9.68. The van der Waals surface area contributed by atoms with Crippen molar-refractivity contribution in [1.29, 1.82) is 0 Å². The summed E-state index contributed by atoms with van der Waals surface area (Å²) < 4.78 is 35.2. The summed E-state index contributed by atoms with van der Waals surface area (Å²) in [6, 6.07) is 12.6. The summed E-state index contributed by atoms with van der Waals surface area (Å²) in [5, 5.41) is 24.4. The number of thioether (sulfide) groups is 1. The van der Waals surface area contributed by atoms with Crippen LogP contribution in [0.2, 0.25) is 0 Å². The number of rotatable bonds is 19. The molecule has 6 atom stereocenters. The highest BCUT2D eigenvalue weighted by Gasteiger charge is 2.64. The van der Waals surface area contributed by atoms with Crippen LogP contribution in [-0.4, -0.2) is 68.1 Å². The van der Waals surface area contributed by atoms with Gasteiger partial charge in [0.1, 0.15) is 29.5 Å². The summed E-state index contributed by atoms with van der Waals surface area (Å²) >= 11 is 1.79. The van der Waals surface area contributed by atoms with E-state index in [1.54, 1.807) is 48.6 Å². The van der Waals surface area contributed by atoms with Crippen LogP contribution >= 0.6 is 11.8 Å². The second-order valence-corrected chi connectivity index (χ2v) is 17.0. The van der Waals surface area contributed by atoms with Crippen molar-refractivity contribution < 1.29 is 33.7 Å². The molecule has 2 aromatic carbocycles. The van der Waals surface area contributed by atoms with Crippen LogP contribution in [0.1, 0.15) is 88.5 Å². The molecule has 0 spiro atoms. The number of ether oxygens (including phenoxy) is 3. The van der Waals surface area contributed by atoms with Gasteiger partial charge in [0.2, 0.25) is 5.79 Å². The topological polar surface area (TPSA) is 116 Å². The lowest BCUT2D eigenvalue weighted by molar-refractivity contribution is -0.223. The standard InChI is InChI=1S/C44H56FN3O6S/c1-5-23-52-44-40(55-24-18-32-28-46-19-20-47-32)27-38(48-54-43(2,3)4)35-25-30(12-8-10-21-49)34(14-9-11-22-50)41(42(35)44)36-26-33(16-17-39(36)53-44)51-29-31-13-6-7-15-37(31)45/h5-7,13,15-17,19-20,25-26,28,30,34,40-42,49-50H,1,8-12,14,18,21-24,27,29H2,2-4H3/t30-,34+,40-,41+,42+,44+/m0/s1. The number of allylic oxidation sites excluding steroid dienone is 1. The van der Waals surface area contributed by atoms with Crippen molar-refractivity contribution in [3.8, 4) is 11.5 Å². The predicted molar refractivity (Wildman–Crippen MR) is 215 cm³/mol. The number of nitrogens with zero attached hydrogens (tertiary/aromatic N) is 3. The molecule has 55 heavy (non-hydrogen) atoms. The Bertz CT molecular complexity index is 1780. The van der Waals surface area contributed by atoms with Gasteiger partial charge in [0.25, 0.3) is 0 Å². The molecular formula is C44H56FN3O6S. The predicted octanol–water partition coefficient (Wildman–Crippen LogP) is 8.60. The molecule has 11 heteroatoms. The maximum atomic E-state index is 14.6. The first-order chi connectivity index (χ1) is 26.7. The average Bonchev–Trinajstić information content (AvgIpc) is 3.18. The minimum atomic E-state index is -1.08. The average molecular weight is 774 g/mol. The molecule has 296 valence electrons. The van der Waals surface area contributed by atoms with Crippen molar-refractivity contribution in [2.45, 2.75) is 101 Å². The summed E-state index contributed by atoms with van der Waals surface area (Å²) in [5.41, 5.74) is 3.87. The van der Waals surface area contributed by atoms with E-state index in [0.717, 1.165) is 72.6 Å². The largest absolute Gasteiger partial charge is 0.489 e. The van der Waals surface area contributed by atoms with E-state index in [2.05, 4.69) is 28.7 Å². The second kappa shape index (κ2) is 18.9. The Morgan fingerprint density at radius 3 is 2.60 bits per heavy atom. The molecule has 0 bridgehead atoms. The number of halogens is 1. The smallest absolute Gasteiger partial charge is 0.230 e. The van der Waals surface area contributed by atoms with Gasteiger partial charge in [-0.3, -0.25) is 9.97 Å². The molecule has 2 aliphatic carbocycles. The first-order valence-electron chi connectivity index (χ1n) is 19.7. The molecule has 0 radical (unpaired) electrons. The lowest BCUT2D eigenvalue weighted by Gasteiger charge is -2.58. The molecule has 0 unspecified atom stereocenters. The van der Waals surface area contributed by atoms with E-state index in [9.17, 15) is 14.6 Å². The Morgan fingerprint density at radius 1 is 1.07 bits per heavy atom. The molecule has 1 aromatic heterocycles. The minimum Gasteiger partial charge on any atom is -0.489 e. The van der Waals surface area contributed by atoms with Crippen molar-refractivity contribution in [1.82, 2.24) is 9.97 Å². The molecule has 1 aliphatic heterocycles. The molecule has 3 aliphatic rings. The number of oxime groups is 1. The Balaban J connectivity index is 1.49. The Morgan fingerprint density at radius 2 is 1.87 bits per heavy atom. The first-order valence-corrected chi connectivity index (χ1v) is 20.7. The number of hydrogen-bond donors (Lipinski definition) is 2. The highest BCUT2D eigenvalue weighted by atomic mass is 32.2. The molecular weight excluding hydrogens is 718 g/mol. The van der Waals surface area contributed by atoms with E-state index in [0.29, 0.717) is 24.2 Å². The highest BCUT2D eigenvalue weighted by molar-refractivity contribution is 8.00. The van der Waals surface area contributed by atoms with E-state index in [-0.39, 0.29) is 61.2 Å². The third-order valence-corrected chi connectivity index (χ3v) is 12.0. The van der Waals surface area contributed by atoms with Crippen molar-refractivity contribution in [3.63, 3.8) is 0 Å². The number of hydrogen-bond acceptors (Lipinski definition) is 10. The third-order valence-electron chi connectivity index (χ3n) is 10.7. The van der Waals surface area contributed by atoms with Crippen molar-refractivity contribution in [2.75, 3.05) is 25.6 Å². The molecule has 2 heterocycles. The summed E-state index contributed by atoms with van der Waals surface area (Å²) in [4.78, 5) is 15.0. The lowest BCUT2D eigenvalue weighted by Crippen LogP contribution is -2.64. The summed E-state index contributed by atoms with van der Waals surface area (Å²) in [7, 11) is 0. The Kier molecular flexibility index (Phi) is 14.1. The fraction of sp³-hybridized carbons (Fsp3) is 0.523. The maximum Gasteiger partial charge on any atom is 0.230 e. The van der Waals surface area contributed by atoms with E-state index < -0.39 is 11.4 Å². The molecule has 0 amide bonds. The number of aryl methyl sites for hydroxylation is 1. The summed E-state index contributed by atoms with van der Waals surface area (Å²) in [6.07, 6.45) is 15.6. The van der Waals surface area contributed by atoms with Gasteiger partial charge in [0.05, 0.1) is 29.2 Å². The van der Waals surface area contributed by atoms with Crippen molar-refractivity contribution in [3.05, 3.63) is 108 Å². The zero-order chi connectivity index (χ0) is 38.8. The third kappa shape index (κ3) is 9.79. The molecule has 3 aromatic rings. The fourth-order valence-electron chi connectivity index (χ4n) is 8.30. The van der Waals surface area contributed by atoms with Gasteiger partial charge in [-0.1, -0.05) is 48.3 Å². The Labute approximate surface area is 329 Å². The van der Waals surface area contributed by atoms with E-state index in [4.69, 9.17) is 24.2 Å². The molecule has 1 saturated carbocycles. The van der Waals surface area contributed by atoms with Gasteiger partial charge in [-0.2, -0.15) is 11.8 Å². The van der Waals surface area contributed by atoms with E-state index in [1.165, 1.54) is 6.07 Å². The zero-order valence-electron chi connectivity index (χ0n) is 32.4. The van der Waals surface area contributed by atoms with Crippen LogP contribution in [0.5, 0.6) is 11.5 Å². The van der Waals surface area contributed by atoms with Gasteiger partial charge in [0.15, 0.2) is 0 Å². The summed E-state index contributed by atoms with van der Waals surface area (Å²) in [5.74, 6) is 0.712. The minimum absolute atomic E-state index is 0.0772. The van der Waals surface area contributed by atoms with Gasteiger partial charge >= 0.3 is 0 Å². The van der Waals surface area contributed by atoms with Crippen LogP contribution < -0.4 is 9.47 Å². The normalized spacial score (nSPS) is 25.0. The van der Waals surface area contributed by atoms with Gasteiger partial charge in [-0.15, -0.1) is 6.58 Å². The van der Waals surface area contributed by atoms with Crippen LogP contribution in [0.3, 0.4) is 0 Å². The molecule has 6 rings (SSSR count). The van der Waals surface area contributed by atoms with E-state index in [1.807, 2.05) is 39.0 Å². The highest BCUT2D eigenvalue weighted by Crippen LogP contribution is 2.62. The number of aliphatic hydroxyl groups excluding tert-OH is 2. The molecule has 0 saturated heterocycles. The van der Waals surface area contributed by atoms with Crippen molar-refractivity contribution >= 4 is 17.5 Å². The Hall–Kier alpha value is -3.77. The molecule has 1 fully saturated rings. The van der Waals surface area contributed by atoms with Crippen LogP contribution in [0.25, 0.3) is 0 Å². The van der Waals surface area contributed by atoms with Crippen LogP contribution in [0, 0.1) is 23.6 Å². The lowest BCUT2D eigenvalue weighted by atomic mass is 9.56. The maximum absolute atomic E-state index is 14.6. The summed E-state index contributed by atoms with van der Waals surface area (Å²) in [6.45, 7) is 10.7. The van der Waals surface area contributed by atoms with E-state index >= 15 is 0 Å². The number of fused-ring (bicyclic) bond motifs is 2. The number of aliphatic hydroxyl groups is 2. The number of aromatic nitrogens is 2. The second-order valence-electron chi connectivity index (χ2n) is 15.6. The number of benzene rings is 2. The number of unbranched alkanes of at least 4 members (excludes halogenated alkanes) is 2. The quantitative estimate of drug-likeness (QED) is 0.0702. The molecule has 9 nitrogen and oxygen atoms in total. The van der Waals surface area contributed by atoms with Crippen LogP contribution in [-0.2, 0) is 22.6 Å². The zero-order valence-corrected chi connectivity index (χ0v) is 33.2. The SMILES string of the molecule is C=CCO[C@@]12Oc3ccc(OCc4ccccc4F)cc3[C@H]3[C@H](CCCCO)[C@@H](CCCCO)C=C(C(=NOC(C)(C)C)C[C@@H]1SCCc1cnccn1)[C@H]32. The van der Waals surface area contributed by atoms with Gasteiger partial charge in [-0.25, -0.2) is 4.39 Å². The van der Waals surface area contributed by atoms with Crippen molar-refractivity contribution in [2.24, 2.45) is 22.9 Å². The van der Waals surface area contributed by atoms with Gasteiger partial charge in [0, 0.05) is 61.7 Å². The monoisotopic (exact) mass is 773 g/mol. The first kappa shape index (κ1) is 40.9. The molecule has 2 N–H and O–H groups in total. The van der Waals surface area contributed by atoms with Gasteiger partial charge in [-0.05, 0) is 93.9 Å². The van der Waals surface area contributed by atoms with Crippen LogP contribution in [0.15, 0.2) is 90.5 Å². The van der Waals surface area contributed by atoms with Gasteiger partial charge < -0.3 is 29.3 Å². The van der Waals surface area contributed by atoms with Crippen LogP contribution in [0.4, 0.5) is 4.39 Å².